The van der Waals surface area contributed by atoms with Crippen molar-refractivity contribution in [2.45, 2.75) is 32.9 Å². The number of hydrogen-bond donors (Lipinski definition) is 1. The Labute approximate surface area is 146 Å². The smallest absolute Gasteiger partial charge is 0.245 e. The Morgan fingerprint density at radius 1 is 1.24 bits per heavy atom. The Morgan fingerprint density at radius 3 is 2.64 bits per heavy atom. The summed E-state index contributed by atoms with van der Waals surface area (Å²) in [5.74, 6) is -0.957. The molecule has 3 rings (SSSR count). The number of likely N-dealkylation sites (tertiary alicyclic amines) is 1. The summed E-state index contributed by atoms with van der Waals surface area (Å²) in [5.41, 5.74) is 2.64. The molecule has 1 heterocycles. The first-order valence-electron chi connectivity index (χ1n) is 8.36. The van der Waals surface area contributed by atoms with Crippen LogP contribution in [0.15, 0.2) is 42.5 Å². The van der Waals surface area contributed by atoms with E-state index in [0.717, 1.165) is 5.56 Å². The van der Waals surface area contributed by atoms with E-state index in [9.17, 15) is 14.0 Å². The first kappa shape index (κ1) is 17.1. The molecule has 0 bridgehead atoms. The highest BCUT2D eigenvalue weighted by molar-refractivity contribution is 6.00. The molecule has 1 aliphatic rings. The lowest BCUT2D eigenvalue weighted by Gasteiger charge is -2.19. The van der Waals surface area contributed by atoms with Gasteiger partial charge in [0.25, 0.3) is 0 Å². The molecule has 0 saturated carbocycles. The Bertz CT molecular complexity index is 802. The van der Waals surface area contributed by atoms with Crippen molar-refractivity contribution in [3.63, 3.8) is 0 Å². The van der Waals surface area contributed by atoms with Crippen LogP contribution in [0.2, 0.25) is 0 Å². The van der Waals surface area contributed by atoms with Crippen LogP contribution in [-0.2, 0) is 11.3 Å². The van der Waals surface area contributed by atoms with Crippen molar-refractivity contribution >= 4 is 17.4 Å². The molecular weight excluding hydrogens is 319 g/mol. The molecule has 5 heteroatoms. The molecule has 0 spiro atoms. The van der Waals surface area contributed by atoms with Crippen molar-refractivity contribution in [3.8, 4) is 0 Å². The van der Waals surface area contributed by atoms with Crippen LogP contribution in [0.25, 0.3) is 0 Å². The monoisotopic (exact) mass is 340 g/mol. The summed E-state index contributed by atoms with van der Waals surface area (Å²) in [6.45, 7) is 4.54. The first-order chi connectivity index (χ1) is 12.0. The number of carbonyl (C=O) groups excluding carboxylic acids is 2. The Hall–Kier alpha value is -2.69. The van der Waals surface area contributed by atoms with E-state index in [4.69, 9.17) is 0 Å². The van der Waals surface area contributed by atoms with E-state index in [1.165, 1.54) is 24.6 Å². The van der Waals surface area contributed by atoms with Crippen LogP contribution in [0, 0.1) is 12.7 Å². The minimum absolute atomic E-state index is 0.00674. The van der Waals surface area contributed by atoms with Crippen molar-refractivity contribution < 1.29 is 14.0 Å². The number of nitrogens with one attached hydrogen (secondary N) is 1. The van der Waals surface area contributed by atoms with E-state index in [-0.39, 0.29) is 17.3 Å². The third-order valence-electron chi connectivity index (χ3n) is 4.49. The zero-order valence-electron chi connectivity index (χ0n) is 14.4. The molecule has 1 amide bonds. The molecule has 1 saturated heterocycles. The largest absolute Gasteiger partial charge is 0.373 e. The normalized spacial score (nSPS) is 17.0. The highest BCUT2D eigenvalue weighted by Crippen LogP contribution is 2.24. The predicted molar refractivity (Wildman–Crippen MR) is 95.0 cm³/mol. The number of halogens is 1. The SMILES string of the molecule is CC(=O)c1c(F)cccc1NC1CCN(Cc2ccc(C)cc2)C1=O. The van der Waals surface area contributed by atoms with Gasteiger partial charge >= 0.3 is 0 Å². The Balaban J connectivity index is 1.72. The van der Waals surface area contributed by atoms with Crippen LogP contribution in [0.5, 0.6) is 0 Å². The minimum atomic E-state index is -0.570. The maximum absolute atomic E-state index is 13.9. The van der Waals surface area contributed by atoms with Gasteiger partial charge in [0, 0.05) is 18.8 Å². The second-order valence-electron chi connectivity index (χ2n) is 6.45. The van der Waals surface area contributed by atoms with Crippen LogP contribution < -0.4 is 5.32 Å². The van der Waals surface area contributed by atoms with Crippen molar-refractivity contribution in [3.05, 3.63) is 65.0 Å². The summed E-state index contributed by atoms with van der Waals surface area (Å²) < 4.78 is 13.9. The molecule has 0 radical (unpaired) electrons. The van der Waals surface area contributed by atoms with Crippen LogP contribution in [0.3, 0.4) is 0 Å². The van der Waals surface area contributed by atoms with Crippen LogP contribution in [0.4, 0.5) is 10.1 Å². The molecule has 4 nitrogen and oxygen atoms in total. The molecule has 25 heavy (non-hydrogen) atoms. The summed E-state index contributed by atoms with van der Waals surface area (Å²) in [4.78, 5) is 26.1. The fourth-order valence-electron chi connectivity index (χ4n) is 3.13. The highest BCUT2D eigenvalue weighted by atomic mass is 19.1. The summed E-state index contributed by atoms with van der Waals surface area (Å²) in [7, 11) is 0. The number of benzene rings is 2. The average Bonchev–Trinajstić information content (AvgIpc) is 2.90. The van der Waals surface area contributed by atoms with E-state index >= 15 is 0 Å². The number of aryl methyl sites for hydroxylation is 1. The molecule has 2 aromatic carbocycles. The number of hydrogen-bond acceptors (Lipinski definition) is 3. The predicted octanol–water partition coefficient (Wildman–Crippen LogP) is 3.55. The molecule has 1 fully saturated rings. The zero-order chi connectivity index (χ0) is 18.0. The summed E-state index contributed by atoms with van der Waals surface area (Å²) >= 11 is 0. The van der Waals surface area contributed by atoms with Gasteiger partial charge in [-0.1, -0.05) is 35.9 Å². The number of nitrogens with zero attached hydrogens (tertiary/aromatic N) is 1. The number of anilines is 1. The van der Waals surface area contributed by atoms with Gasteiger partial charge in [-0.3, -0.25) is 9.59 Å². The molecule has 2 aromatic rings. The second-order valence-corrected chi connectivity index (χ2v) is 6.45. The molecule has 1 atom stereocenters. The Kier molecular flexibility index (Phi) is 4.83. The molecule has 1 aliphatic heterocycles. The number of amides is 1. The number of Topliss-reactive ketones (excluding diaryl/α,β-unsaturated/α-hetero) is 1. The van der Waals surface area contributed by atoms with E-state index in [1.807, 2.05) is 31.2 Å². The van der Waals surface area contributed by atoms with Gasteiger partial charge in [-0.2, -0.15) is 0 Å². The topological polar surface area (TPSA) is 49.4 Å². The van der Waals surface area contributed by atoms with Crippen molar-refractivity contribution in [1.82, 2.24) is 4.90 Å². The molecule has 0 aliphatic carbocycles. The van der Waals surface area contributed by atoms with Gasteiger partial charge in [0.2, 0.25) is 5.91 Å². The lowest BCUT2D eigenvalue weighted by atomic mass is 10.1. The molecule has 130 valence electrons. The van der Waals surface area contributed by atoms with Gasteiger partial charge in [0.1, 0.15) is 11.9 Å². The van der Waals surface area contributed by atoms with Crippen LogP contribution in [0.1, 0.15) is 34.8 Å². The van der Waals surface area contributed by atoms with Gasteiger partial charge in [-0.25, -0.2) is 4.39 Å². The molecule has 1 N–H and O–H groups in total. The molecule has 0 aromatic heterocycles. The van der Waals surface area contributed by atoms with Gasteiger partial charge in [-0.05, 0) is 38.0 Å². The fraction of sp³-hybridized carbons (Fsp3) is 0.300. The summed E-state index contributed by atoms with van der Waals surface area (Å²) in [6.07, 6.45) is 0.624. The Morgan fingerprint density at radius 2 is 1.96 bits per heavy atom. The lowest BCUT2D eigenvalue weighted by Crippen LogP contribution is -2.33. The minimum Gasteiger partial charge on any atom is -0.373 e. The number of ketones is 1. The van der Waals surface area contributed by atoms with Crippen molar-refractivity contribution in [1.29, 1.82) is 0 Å². The third kappa shape index (κ3) is 3.71. The van der Waals surface area contributed by atoms with Gasteiger partial charge in [0.15, 0.2) is 5.78 Å². The van der Waals surface area contributed by atoms with E-state index in [2.05, 4.69) is 5.32 Å². The van der Waals surface area contributed by atoms with Gasteiger partial charge in [0.05, 0.1) is 5.56 Å². The van der Waals surface area contributed by atoms with E-state index in [0.29, 0.717) is 25.2 Å². The second kappa shape index (κ2) is 7.05. The van der Waals surface area contributed by atoms with E-state index < -0.39 is 11.9 Å². The van der Waals surface area contributed by atoms with Gasteiger partial charge in [-0.15, -0.1) is 0 Å². The molecular formula is C20H21FN2O2. The lowest BCUT2D eigenvalue weighted by molar-refractivity contribution is -0.128. The maximum atomic E-state index is 13.9. The van der Waals surface area contributed by atoms with Crippen molar-refractivity contribution in [2.75, 3.05) is 11.9 Å². The first-order valence-corrected chi connectivity index (χ1v) is 8.36. The van der Waals surface area contributed by atoms with Crippen LogP contribution in [-0.4, -0.2) is 29.2 Å². The standard InChI is InChI=1S/C20H21FN2O2/c1-13-6-8-15(9-7-13)12-23-11-10-18(20(23)25)22-17-5-3-4-16(21)19(17)14(2)24/h3-9,18,22H,10-12H2,1-2H3. The average molecular weight is 340 g/mol. The highest BCUT2D eigenvalue weighted by Gasteiger charge is 2.32. The molecule has 1 unspecified atom stereocenters. The number of carbonyl (C=O) groups is 2. The summed E-state index contributed by atoms with van der Waals surface area (Å²) in [6, 6.07) is 12.1. The number of rotatable bonds is 5. The van der Waals surface area contributed by atoms with E-state index in [1.54, 1.807) is 11.0 Å². The van der Waals surface area contributed by atoms with Gasteiger partial charge < -0.3 is 10.2 Å². The fourth-order valence-corrected chi connectivity index (χ4v) is 3.13. The van der Waals surface area contributed by atoms with Crippen molar-refractivity contribution in [2.24, 2.45) is 0 Å². The zero-order valence-corrected chi connectivity index (χ0v) is 14.4. The quantitative estimate of drug-likeness (QED) is 0.847. The third-order valence-corrected chi connectivity index (χ3v) is 4.49. The maximum Gasteiger partial charge on any atom is 0.245 e. The summed E-state index contributed by atoms with van der Waals surface area (Å²) in [5, 5.41) is 3.05. The van der Waals surface area contributed by atoms with Crippen LogP contribution >= 0.6 is 0 Å².